The van der Waals surface area contributed by atoms with E-state index in [2.05, 4.69) is 9.97 Å². The molecule has 0 saturated carbocycles. The van der Waals surface area contributed by atoms with Gasteiger partial charge in [-0.3, -0.25) is 9.59 Å². The van der Waals surface area contributed by atoms with E-state index in [4.69, 9.17) is 0 Å². The largest absolute Gasteiger partial charge is 0.338 e. The minimum atomic E-state index is -0.269. The lowest BCUT2D eigenvalue weighted by molar-refractivity contribution is -0.132. The Morgan fingerprint density at radius 2 is 2.04 bits per heavy atom. The van der Waals surface area contributed by atoms with Crippen molar-refractivity contribution in [3.05, 3.63) is 75.6 Å². The third-order valence-electron chi connectivity index (χ3n) is 5.00. The second-order valence-electron chi connectivity index (χ2n) is 6.86. The van der Waals surface area contributed by atoms with Gasteiger partial charge in [0.2, 0.25) is 5.91 Å². The van der Waals surface area contributed by atoms with Gasteiger partial charge in [0.1, 0.15) is 11.6 Å². The number of aromatic nitrogens is 2. The SMILES string of the molecule is O=C(CCCc1nc2ccccc2c(=O)[nH]1)N1CCc2ccc(F)cc2C1. The van der Waals surface area contributed by atoms with Crippen LogP contribution in [0.3, 0.4) is 0 Å². The van der Waals surface area contributed by atoms with Crippen LogP contribution in [0, 0.1) is 5.82 Å². The third-order valence-corrected chi connectivity index (χ3v) is 5.00. The fraction of sp³-hybridized carbons (Fsp3) is 0.286. The van der Waals surface area contributed by atoms with Crippen molar-refractivity contribution in [3.63, 3.8) is 0 Å². The molecule has 138 valence electrons. The maximum Gasteiger partial charge on any atom is 0.258 e. The van der Waals surface area contributed by atoms with Crippen LogP contribution < -0.4 is 5.56 Å². The number of aromatic amines is 1. The standard InChI is InChI=1S/C21H20FN3O2/c22-16-9-8-14-10-11-25(13-15(14)12-16)20(26)7-3-6-19-23-18-5-2-1-4-17(18)21(27)24-19/h1-2,4-5,8-9,12H,3,6-7,10-11,13H2,(H,23,24,27). The van der Waals surface area contributed by atoms with Crippen LogP contribution in [0.15, 0.2) is 47.3 Å². The highest BCUT2D eigenvalue weighted by molar-refractivity contribution is 5.77. The first kappa shape index (κ1) is 17.4. The van der Waals surface area contributed by atoms with E-state index in [0.29, 0.717) is 49.1 Å². The molecule has 5 nitrogen and oxygen atoms in total. The van der Waals surface area contributed by atoms with Crippen molar-refractivity contribution < 1.29 is 9.18 Å². The molecule has 1 aliphatic heterocycles. The molecule has 1 N–H and O–H groups in total. The Hall–Kier alpha value is -3.02. The van der Waals surface area contributed by atoms with Crippen LogP contribution in [0.5, 0.6) is 0 Å². The van der Waals surface area contributed by atoms with Crippen LogP contribution in [0.25, 0.3) is 10.9 Å². The molecule has 3 aromatic rings. The zero-order valence-electron chi connectivity index (χ0n) is 14.9. The van der Waals surface area contributed by atoms with Gasteiger partial charge in [-0.2, -0.15) is 0 Å². The highest BCUT2D eigenvalue weighted by atomic mass is 19.1. The average Bonchev–Trinajstić information content (AvgIpc) is 2.67. The fourth-order valence-corrected chi connectivity index (χ4v) is 3.56. The molecule has 1 aliphatic rings. The molecule has 2 aromatic carbocycles. The van der Waals surface area contributed by atoms with Crippen molar-refractivity contribution >= 4 is 16.8 Å². The van der Waals surface area contributed by atoms with Gasteiger partial charge in [0.15, 0.2) is 0 Å². The number of halogens is 1. The molecule has 6 heteroatoms. The van der Waals surface area contributed by atoms with Crippen LogP contribution in [0.2, 0.25) is 0 Å². The number of fused-ring (bicyclic) bond motifs is 2. The molecule has 4 rings (SSSR count). The lowest BCUT2D eigenvalue weighted by Crippen LogP contribution is -2.35. The summed E-state index contributed by atoms with van der Waals surface area (Å²) in [5.41, 5.74) is 2.50. The van der Waals surface area contributed by atoms with Crippen molar-refractivity contribution in [3.8, 4) is 0 Å². The van der Waals surface area contributed by atoms with E-state index < -0.39 is 0 Å². The fourth-order valence-electron chi connectivity index (χ4n) is 3.56. The Kier molecular flexibility index (Phi) is 4.71. The van der Waals surface area contributed by atoms with Gasteiger partial charge >= 0.3 is 0 Å². The van der Waals surface area contributed by atoms with Gasteiger partial charge < -0.3 is 9.88 Å². The Labute approximate surface area is 155 Å². The van der Waals surface area contributed by atoms with Crippen molar-refractivity contribution in [2.45, 2.75) is 32.2 Å². The summed E-state index contributed by atoms with van der Waals surface area (Å²) in [5, 5.41) is 0.566. The topological polar surface area (TPSA) is 66.1 Å². The maximum absolute atomic E-state index is 13.4. The molecule has 0 bridgehead atoms. The first-order valence-electron chi connectivity index (χ1n) is 9.13. The molecular formula is C21H20FN3O2. The molecule has 2 heterocycles. The molecule has 0 atom stereocenters. The summed E-state index contributed by atoms with van der Waals surface area (Å²) >= 11 is 0. The minimum absolute atomic E-state index is 0.0491. The van der Waals surface area contributed by atoms with Crippen LogP contribution in [-0.4, -0.2) is 27.3 Å². The molecule has 0 radical (unpaired) electrons. The Balaban J connectivity index is 1.37. The monoisotopic (exact) mass is 365 g/mol. The average molecular weight is 365 g/mol. The molecule has 0 spiro atoms. The number of rotatable bonds is 4. The van der Waals surface area contributed by atoms with E-state index in [1.54, 1.807) is 23.1 Å². The zero-order chi connectivity index (χ0) is 18.8. The number of benzene rings is 2. The normalized spacial score (nSPS) is 13.6. The van der Waals surface area contributed by atoms with Crippen LogP contribution in [-0.2, 0) is 24.2 Å². The molecule has 1 aromatic heterocycles. The summed E-state index contributed by atoms with van der Waals surface area (Å²) in [7, 11) is 0. The molecular weight excluding hydrogens is 345 g/mol. The number of aryl methyl sites for hydroxylation is 1. The Morgan fingerprint density at radius 1 is 1.19 bits per heavy atom. The van der Waals surface area contributed by atoms with E-state index in [-0.39, 0.29) is 17.3 Å². The number of hydrogen-bond acceptors (Lipinski definition) is 3. The highest BCUT2D eigenvalue weighted by Gasteiger charge is 2.20. The van der Waals surface area contributed by atoms with Crippen molar-refractivity contribution in [1.29, 1.82) is 0 Å². The quantitative estimate of drug-likeness (QED) is 0.773. The van der Waals surface area contributed by atoms with Gasteiger partial charge in [-0.05, 0) is 48.2 Å². The number of nitrogens with one attached hydrogen (secondary N) is 1. The number of hydrogen-bond donors (Lipinski definition) is 1. The van der Waals surface area contributed by atoms with Crippen molar-refractivity contribution in [1.82, 2.24) is 14.9 Å². The van der Waals surface area contributed by atoms with Gasteiger partial charge in [0, 0.05) is 25.9 Å². The second-order valence-corrected chi connectivity index (χ2v) is 6.86. The first-order chi connectivity index (χ1) is 13.1. The predicted molar refractivity (Wildman–Crippen MR) is 101 cm³/mol. The number of carbonyl (C=O) groups is 1. The van der Waals surface area contributed by atoms with Gasteiger partial charge in [-0.15, -0.1) is 0 Å². The van der Waals surface area contributed by atoms with E-state index in [1.807, 2.05) is 12.1 Å². The molecule has 0 aliphatic carbocycles. The predicted octanol–water partition coefficient (Wildman–Crippen LogP) is 2.97. The maximum atomic E-state index is 13.4. The number of amides is 1. The smallest absolute Gasteiger partial charge is 0.258 e. The molecule has 27 heavy (non-hydrogen) atoms. The van der Waals surface area contributed by atoms with Gasteiger partial charge in [-0.1, -0.05) is 18.2 Å². The van der Waals surface area contributed by atoms with E-state index in [1.165, 1.54) is 12.1 Å². The molecule has 0 unspecified atom stereocenters. The molecule has 1 amide bonds. The summed E-state index contributed by atoms with van der Waals surface area (Å²) in [6.07, 6.45) is 2.26. The third kappa shape index (κ3) is 3.74. The van der Waals surface area contributed by atoms with E-state index in [0.717, 1.165) is 17.5 Å². The summed E-state index contributed by atoms with van der Waals surface area (Å²) in [4.78, 5) is 33.6. The summed E-state index contributed by atoms with van der Waals surface area (Å²) in [6.45, 7) is 1.11. The number of H-pyrrole nitrogens is 1. The van der Waals surface area contributed by atoms with Crippen molar-refractivity contribution in [2.75, 3.05) is 6.54 Å². The Morgan fingerprint density at radius 3 is 2.93 bits per heavy atom. The van der Waals surface area contributed by atoms with Gasteiger partial charge in [0.25, 0.3) is 5.56 Å². The number of para-hydroxylation sites is 1. The first-order valence-corrected chi connectivity index (χ1v) is 9.13. The summed E-state index contributed by atoms with van der Waals surface area (Å²) in [5.74, 6) is 0.375. The van der Waals surface area contributed by atoms with E-state index in [9.17, 15) is 14.0 Å². The van der Waals surface area contributed by atoms with Crippen LogP contribution in [0.1, 0.15) is 29.8 Å². The summed E-state index contributed by atoms with van der Waals surface area (Å²) < 4.78 is 13.4. The summed E-state index contributed by atoms with van der Waals surface area (Å²) in [6, 6.07) is 12.0. The number of carbonyl (C=O) groups excluding carboxylic acids is 1. The van der Waals surface area contributed by atoms with Gasteiger partial charge in [0.05, 0.1) is 10.9 Å². The zero-order valence-corrected chi connectivity index (χ0v) is 14.9. The Bertz CT molecular complexity index is 1060. The molecule has 0 fully saturated rings. The van der Waals surface area contributed by atoms with Crippen molar-refractivity contribution in [2.24, 2.45) is 0 Å². The second kappa shape index (κ2) is 7.31. The number of nitrogens with zero attached hydrogens (tertiary/aromatic N) is 2. The van der Waals surface area contributed by atoms with Gasteiger partial charge in [-0.25, -0.2) is 9.37 Å². The molecule has 0 saturated heterocycles. The lowest BCUT2D eigenvalue weighted by Gasteiger charge is -2.29. The minimum Gasteiger partial charge on any atom is -0.338 e. The highest BCUT2D eigenvalue weighted by Crippen LogP contribution is 2.21. The van der Waals surface area contributed by atoms with E-state index >= 15 is 0 Å². The lowest BCUT2D eigenvalue weighted by atomic mass is 9.99. The van der Waals surface area contributed by atoms with Crippen LogP contribution in [0.4, 0.5) is 4.39 Å². The van der Waals surface area contributed by atoms with Crippen LogP contribution >= 0.6 is 0 Å².